The van der Waals surface area contributed by atoms with E-state index in [1.54, 1.807) is 23.1 Å². The van der Waals surface area contributed by atoms with Gasteiger partial charge in [0.15, 0.2) is 0 Å². The highest BCUT2D eigenvalue weighted by molar-refractivity contribution is 5.77. The number of aromatic hydroxyl groups is 1. The highest BCUT2D eigenvalue weighted by Gasteiger charge is 2.19. The Bertz CT molecular complexity index is 1270. The number of hydrogen-bond acceptors (Lipinski definition) is 4. The van der Waals surface area contributed by atoms with Crippen molar-refractivity contribution in [2.24, 2.45) is 0 Å². The summed E-state index contributed by atoms with van der Waals surface area (Å²) in [5.41, 5.74) is 3.04. The van der Waals surface area contributed by atoms with Crippen molar-refractivity contribution in [1.29, 1.82) is 0 Å². The van der Waals surface area contributed by atoms with Crippen molar-refractivity contribution in [3.8, 4) is 11.5 Å². The number of phenols is 1. The lowest BCUT2D eigenvalue weighted by molar-refractivity contribution is 0.267. The van der Waals surface area contributed by atoms with Gasteiger partial charge in [0.1, 0.15) is 35.8 Å². The Balaban J connectivity index is 1.42. The maximum atomic E-state index is 14.4. The molecule has 4 aromatic rings. The minimum Gasteiger partial charge on any atom is -0.508 e. The lowest BCUT2D eigenvalue weighted by Crippen LogP contribution is -2.18. The summed E-state index contributed by atoms with van der Waals surface area (Å²) in [6, 6.07) is 17.9. The number of halogens is 2. The predicted octanol–water partition coefficient (Wildman–Crippen LogP) is 5.85. The molecule has 0 aliphatic rings. The Morgan fingerprint density at radius 1 is 1.06 bits per heavy atom. The summed E-state index contributed by atoms with van der Waals surface area (Å²) in [6.45, 7) is 4.60. The van der Waals surface area contributed by atoms with Gasteiger partial charge in [-0.1, -0.05) is 49.1 Å². The van der Waals surface area contributed by atoms with Crippen LogP contribution in [-0.2, 0) is 6.54 Å². The van der Waals surface area contributed by atoms with Gasteiger partial charge in [0.05, 0.1) is 13.2 Å². The Morgan fingerprint density at radius 3 is 2.50 bits per heavy atom. The smallest absolute Gasteiger partial charge is 0.137 e. The summed E-state index contributed by atoms with van der Waals surface area (Å²) in [5.74, 6) is -0.814. The van der Waals surface area contributed by atoms with Crippen LogP contribution in [0.25, 0.3) is 11.6 Å². The average molecular weight is 459 g/mol. The number of aromatic nitrogens is 3. The molecule has 1 atom stereocenters. The summed E-state index contributed by atoms with van der Waals surface area (Å²) in [7, 11) is 0. The molecule has 7 heteroatoms. The van der Waals surface area contributed by atoms with Gasteiger partial charge in [-0.2, -0.15) is 5.10 Å². The van der Waals surface area contributed by atoms with Crippen LogP contribution in [0.5, 0.6) is 11.5 Å². The zero-order valence-corrected chi connectivity index (χ0v) is 18.3. The third-order valence-corrected chi connectivity index (χ3v) is 5.32. The van der Waals surface area contributed by atoms with Gasteiger partial charge in [0.25, 0.3) is 0 Å². The second-order valence-electron chi connectivity index (χ2n) is 7.77. The van der Waals surface area contributed by atoms with Crippen LogP contribution < -0.4 is 4.74 Å². The fourth-order valence-corrected chi connectivity index (χ4v) is 3.47. The first kappa shape index (κ1) is 22.9. The lowest BCUT2D eigenvalue weighted by Gasteiger charge is -2.19. The SMILES string of the molecule is C=C(/C=C/c1ccc(O)cc1)c1ccc(OCC(Cn2cncn2)c2ccc(F)cc2F)cc1. The van der Waals surface area contributed by atoms with E-state index in [4.69, 9.17) is 4.74 Å². The molecule has 5 nitrogen and oxygen atoms in total. The second-order valence-corrected chi connectivity index (χ2v) is 7.77. The van der Waals surface area contributed by atoms with Crippen molar-refractivity contribution in [3.05, 3.63) is 120 Å². The minimum absolute atomic E-state index is 0.170. The van der Waals surface area contributed by atoms with Crippen molar-refractivity contribution < 1.29 is 18.6 Å². The normalized spacial score (nSPS) is 12.1. The first-order chi connectivity index (χ1) is 16.5. The summed E-state index contributed by atoms with van der Waals surface area (Å²) in [4.78, 5) is 3.92. The Hall–Kier alpha value is -4.26. The summed E-state index contributed by atoms with van der Waals surface area (Å²) in [5, 5.41) is 13.5. The number of rotatable bonds is 9. The van der Waals surface area contributed by atoms with Crippen molar-refractivity contribution in [3.63, 3.8) is 0 Å². The Morgan fingerprint density at radius 2 is 1.82 bits per heavy atom. The molecule has 0 saturated heterocycles. The van der Waals surface area contributed by atoms with Gasteiger partial charge < -0.3 is 9.84 Å². The molecule has 0 aliphatic carbocycles. The third kappa shape index (κ3) is 5.95. The first-order valence-electron chi connectivity index (χ1n) is 10.6. The zero-order chi connectivity index (χ0) is 23.9. The molecular formula is C27H23F2N3O2. The quantitative estimate of drug-likeness (QED) is 0.319. The van der Waals surface area contributed by atoms with E-state index in [0.29, 0.717) is 17.9 Å². The molecule has 0 amide bonds. The highest BCUT2D eigenvalue weighted by Crippen LogP contribution is 2.25. The molecule has 34 heavy (non-hydrogen) atoms. The fraction of sp³-hybridized carbons (Fsp3) is 0.111. The summed E-state index contributed by atoms with van der Waals surface area (Å²) >= 11 is 0. The van der Waals surface area contributed by atoms with Crippen LogP contribution in [-0.4, -0.2) is 26.5 Å². The van der Waals surface area contributed by atoms with Crippen molar-refractivity contribution in [2.75, 3.05) is 6.61 Å². The zero-order valence-electron chi connectivity index (χ0n) is 18.3. The van der Waals surface area contributed by atoms with E-state index < -0.39 is 17.6 Å². The summed E-state index contributed by atoms with van der Waals surface area (Å²) in [6.07, 6.45) is 6.76. The molecule has 0 saturated carbocycles. The third-order valence-electron chi connectivity index (χ3n) is 5.32. The minimum atomic E-state index is -0.628. The Labute approximate surface area is 196 Å². The number of nitrogens with zero attached hydrogens (tertiary/aromatic N) is 3. The fourth-order valence-electron chi connectivity index (χ4n) is 3.47. The predicted molar refractivity (Wildman–Crippen MR) is 127 cm³/mol. The van der Waals surface area contributed by atoms with Gasteiger partial charge in [-0.3, -0.25) is 4.68 Å². The van der Waals surface area contributed by atoms with Crippen LogP contribution in [0.2, 0.25) is 0 Å². The number of benzene rings is 3. The van der Waals surface area contributed by atoms with Crippen molar-refractivity contribution in [1.82, 2.24) is 14.8 Å². The molecule has 172 valence electrons. The maximum absolute atomic E-state index is 14.4. The molecule has 0 spiro atoms. The first-order valence-corrected chi connectivity index (χ1v) is 10.6. The van der Waals surface area contributed by atoms with Crippen LogP contribution in [0, 0.1) is 11.6 Å². The molecule has 4 rings (SSSR count). The van der Waals surface area contributed by atoms with E-state index in [9.17, 15) is 13.9 Å². The number of allylic oxidation sites excluding steroid dienone is 2. The topological polar surface area (TPSA) is 60.2 Å². The van der Waals surface area contributed by atoms with Crippen molar-refractivity contribution in [2.45, 2.75) is 12.5 Å². The van der Waals surface area contributed by atoms with E-state index in [1.807, 2.05) is 48.6 Å². The van der Waals surface area contributed by atoms with Gasteiger partial charge in [-0.05, 0) is 52.6 Å². The van der Waals surface area contributed by atoms with Gasteiger partial charge in [-0.25, -0.2) is 13.8 Å². The van der Waals surface area contributed by atoms with Crippen LogP contribution in [0.1, 0.15) is 22.6 Å². The molecule has 3 aromatic carbocycles. The highest BCUT2D eigenvalue weighted by atomic mass is 19.1. The van der Waals surface area contributed by atoms with Gasteiger partial charge >= 0.3 is 0 Å². The van der Waals surface area contributed by atoms with E-state index >= 15 is 0 Å². The Kier molecular flexibility index (Phi) is 7.13. The largest absolute Gasteiger partial charge is 0.508 e. The van der Waals surface area contributed by atoms with Crippen LogP contribution in [0.15, 0.2) is 92.0 Å². The van der Waals surface area contributed by atoms with Crippen LogP contribution in [0.4, 0.5) is 8.78 Å². The second kappa shape index (κ2) is 10.6. The van der Waals surface area contributed by atoms with Gasteiger partial charge in [-0.15, -0.1) is 0 Å². The molecule has 1 aromatic heterocycles. The summed E-state index contributed by atoms with van der Waals surface area (Å²) < 4.78 is 35.4. The van der Waals surface area contributed by atoms with E-state index in [-0.39, 0.29) is 12.4 Å². The van der Waals surface area contributed by atoms with E-state index in [1.165, 1.54) is 18.5 Å². The molecule has 1 N–H and O–H groups in total. The number of ether oxygens (including phenoxy) is 1. The monoisotopic (exact) mass is 459 g/mol. The van der Waals surface area contributed by atoms with E-state index in [2.05, 4.69) is 16.7 Å². The van der Waals surface area contributed by atoms with E-state index in [0.717, 1.165) is 22.8 Å². The molecule has 0 fully saturated rings. The molecule has 1 heterocycles. The van der Waals surface area contributed by atoms with Crippen molar-refractivity contribution >= 4 is 11.6 Å². The van der Waals surface area contributed by atoms with Crippen LogP contribution in [0.3, 0.4) is 0 Å². The molecular weight excluding hydrogens is 436 g/mol. The maximum Gasteiger partial charge on any atom is 0.137 e. The van der Waals surface area contributed by atoms with Crippen LogP contribution >= 0.6 is 0 Å². The molecule has 1 unspecified atom stereocenters. The average Bonchev–Trinajstić information content (AvgIpc) is 3.35. The molecule has 0 bridgehead atoms. The standard InChI is InChI=1S/C27H23F2N3O2/c1-19(2-3-20-4-9-24(33)10-5-20)21-6-11-25(12-7-21)34-16-22(15-32-18-30-17-31-32)26-13-8-23(28)14-27(26)29/h2-14,17-18,22,33H,1,15-16H2/b3-2+. The number of hydrogen-bond donors (Lipinski definition) is 1. The van der Waals surface area contributed by atoms with Gasteiger partial charge in [0, 0.05) is 12.0 Å². The molecule has 0 aliphatic heterocycles. The lowest BCUT2D eigenvalue weighted by atomic mass is 9.99. The molecule has 0 radical (unpaired) electrons. The van der Waals surface area contributed by atoms with Gasteiger partial charge in [0.2, 0.25) is 0 Å². The number of phenolic OH excluding ortho intramolecular Hbond substituents is 1.